The minimum absolute atomic E-state index is 0.0358. The minimum Gasteiger partial charge on any atom is -0.493 e. The number of rotatable bonds is 8. The summed E-state index contributed by atoms with van der Waals surface area (Å²) in [6.07, 6.45) is 2.89. The molecule has 0 heterocycles. The Morgan fingerprint density at radius 2 is 1.75 bits per heavy atom. The second-order valence-electron chi connectivity index (χ2n) is 5.99. The molecule has 0 bridgehead atoms. The van der Waals surface area contributed by atoms with Gasteiger partial charge in [0.05, 0.1) is 19.1 Å². The molecule has 7 nitrogen and oxygen atoms in total. The number of hydrogen-bond donors (Lipinski definition) is 0. The Bertz CT molecular complexity index is 966. The highest BCUT2D eigenvalue weighted by Crippen LogP contribution is 2.28. The van der Waals surface area contributed by atoms with Gasteiger partial charge in [-0.2, -0.15) is 0 Å². The molecule has 0 unspecified atom stereocenters. The quantitative estimate of drug-likeness (QED) is 0.496. The SMILES string of the molecule is COc1ccc(/C=C/C(=O)OCc2cccc(S(=O)(=O)N(C)C)c2)cc1OC. The van der Waals surface area contributed by atoms with E-state index >= 15 is 0 Å². The van der Waals surface area contributed by atoms with Crippen molar-refractivity contribution in [3.63, 3.8) is 0 Å². The lowest BCUT2D eigenvalue weighted by atomic mass is 10.2. The van der Waals surface area contributed by atoms with Crippen LogP contribution < -0.4 is 9.47 Å². The van der Waals surface area contributed by atoms with Crippen LogP contribution in [0, 0.1) is 0 Å². The van der Waals surface area contributed by atoms with Crippen LogP contribution in [0.25, 0.3) is 6.08 Å². The van der Waals surface area contributed by atoms with Crippen molar-refractivity contribution in [3.05, 3.63) is 59.7 Å². The molecule has 0 saturated carbocycles. The first-order valence-electron chi connectivity index (χ1n) is 8.36. The van der Waals surface area contributed by atoms with Gasteiger partial charge in [-0.05, 0) is 41.5 Å². The monoisotopic (exact) mass is 405 g/mol. The van der Waals surface area contributed by atoms with Crippen LogP contribution in [0.15, 0.2) is 53.4 Å². The van der Waals surface area contributed by atoms with Gasteiger partial charge in [0.15, 0.2) is 11.5 Å². The third kappa shape index (κ3) is 5.34. The van der Waals surface area contributed by atoms with Crippen molar-refractivity contribution < 1.29 is 27.4 Å². The summed E-state index contributed by atoms with van der Waals surface area (Å²) in [7, 11) is 2.46. The van der Waals surface area contributed by atoms with Crippen LogP contribution in [-0.4, -0.2) is 47.0 Å². The summed E-state index contributed by atoms with van der Waals surface area (Å²) in [4.78, 5) is 12.1. The average Bonchev–Trinajstić information content (AvgIpc) is 2.70. The Morgan fingerprint density at radius 3 is 2.39 bits per heavy atom. The zero-order chi connectivity index (χ0) is 20.7. The number of ether oxygens (including phenoxy) is 3. The fraction of sp³-hybridized carbons (Fsp3) is 0.250. The Hall–Kier alpha value is -2.84. The predicted molar refractivity (Wildman–Crippen MR) is 106 cm³/mol. The maximum absolute atomic E-state index is 12.2. The lowest BCUT2D eigenvalue weighted by Crippen LogP contribution is -2.22. The molecule has 2 rings (SSSR count). The van der Waals surface area contributed by atoms with E-state index in [9.17, 15) is 13.2 Å². The van der Waals surface area contributed by atoms with Crippen molar-refractivity contribution in [1.29, 1.82) is 0 Å². The van der Waals surface area contributed by atoms with Crippen LogP contribution in [-0.2, 0) is 26.2 Å². The van der Waals surface area contributed by atoms with Gasteiger partial charge in [0.1, 0.15) is 6.61 Å². The van der Waals surface area contributed by atoms with Crippen LogP contribution in [0.1, 0.15) is 11.1 Å². The van der Waals surface area contributed by atoms with E-state index in [0.717, 1.165) is 9.87 Å². The number of methoxy groups -OCH3 is 2. The van der Waals surface area contributed by atoms with E-state index in [1.807, 2.05) is 0 Å². The second kappa shape index (κ2) is 9.38. The molecule has 0 saturated heterocycles. The summed E-state index contributed by atoms with van der Waals surface area (Å²) in [6, 6.07) is 11.5. The molecular formula is C20H23NO6S. The molecule has 2 aromatic rings. The van der Waals surface area contributed by atoms with E-state index < -0.39 is 16.0 Å². The Morgan fingerprint density at radius 1 is 1.04 bits per heavy atom. The summed E-state index contributed by atoms with van der Waals surface area (Å²) < 4.78 is 41.0. The Balaban J connectivity index is 2.02. The van der Waals surface area contributed by atoms with Crippen molar-refractivity contribution in [2.45, 2.75) is 11.5 Å². The van der Waals surface area contributed by atoms with Crippen molar-refractivity contribution in [3.8, 4) is 11.5 Å². The van der Waals surface area contributed by atoms with Crippen LogP contribution in [0.3, 0.4) is 0 Å². The van der Waals surface area contributed by atoms with Gasteiger partial charge in [0, 0.05) is 20.2 Å². The van der Waals surface area contributed by atoms with Crippen molar-refractivity contribution in [2.75, 3.05) is 28.3 Å². The molecule has 0 aliphatic carbocycles. The van der Waals surface area contributed by atoms with Gasteiger partial charge in [-0.1, -0.05) is 18.2 Å². The van der Waals surface area contributed by atoms with Gasteiger partial charge in [-0.25, -0.2) is 17.5 Å². The molecule has 8 heteroatoms. The summed E-state index contributed by atoms with van der Waals surface area (Å²) >= 11 is 0. The topological polar surface area (TPSA) is 82.1 Å². The van der Waals surface area contributed by atoms with Gasteiger partial charge >= 0.3 is 5.97 Å². The fourth-order valence-corrected chi connectivity index (χ4v) is 3.30. The summed E-state index contributed by atoms with van der Waals surface area (Å²) in [5.41, 5.74) is 1.32. The van der Waals surface area contributed by atoms with Crippen LogP contribution >= 0.6 is 0 Å². The molecule has 0 spiro atoms. The van der Waals surface area contributed by atoms with Gasteiger partial charge in [0.2, 0.25) is 10.0 Å². The van der Waals surface area contributed by atoms with Gasteiger partial charge < -0.3 is 14.2 Å². The zero-order valence-corrected chi connectivity index (χ0v) is 17.0. The normalized spacial score (nSPS) is 11.6. The van der Waals surface area contributed by atoms with Crippen molar-refractivity contribution in [1.82, 2.24) is 4.31 Å². The molecule has 0 atom stereocenters. The van der Waals surface area contributed by atoms with Gasteiger partial charge in [-0.15, -0.1) is 0 Å². The molecule has 2 aromatic carbocycles. The van der Waals surface area contributed by atoms with Crippen LogP contribution in [0.4, 0.5) is 0 Å². The number of benzene rings is 2. The van der Waals surface area contributed by atoms with E-state index in [-0.39, 0.29) is 11.5 Å². The van der Waals surface area contributed by atoms with Crippen LogP contribution in [0.5, 0.6) is 11.5 Å². The highest BCUT2D eigenvalue weighted by Gasteiger charge is 2.17. The maximum atomic E-state index is 12.2. The van der Waals surface area contributed by atoms with E-state index in [2.05, 4.69) is 0 Å². The smallest absolute Gasteiger partial charge is 0.331 e. The molecule has 0 aliphatic heterocycles. The van der Waals surface area contributed by atoms with E-state index in [4.69, 9.17) is 14.2 Å². The fourth-order valence-electron chi connectivity index (χ4n) is 2.33. The minimum atomic E-state index is -3.54. The predicted octanol–water partition coefficient (Wildman–Crippen LogP) is 2.71. The molecule has 0 aliphatic rings. The van der Waals surface area contributed by atoms with Crippen LogP contribution in [0.2, 0.25) is 0 Å². The first-order chi connectivity index (χ1) is 13.3. The molecule has 28 heavy (non-hydrogen) atoms. The summed E-state index contributed by atoms with van der Waals surface area (Å²) in [5.74, 6) is 0.599. The first-order valence-corrected chi connectivity index (χ1v) is 9.80. The highest BCUT2D eigenvalue weighted by atomic mass is 32.2. The van der Waals surface area contributed by atoms with E-state index in [1.54, 1.807) is 43.5 Å². The molecule has 0 N–H and O–H groups in total. The third-order valence-electron chi connectivity index (χ3n) is 3.88. The number of esters is 1. The molecule has 0 fully saturated rings. The Labute approximate surface area is 165 Å². The standard InChI is InChI=1S/C20H23NO6S/c1-21(2)28(23,24)17-7-5-6-16(12-17)14-27-20(22)11-9-15-8-10-18(25-3)19(13-15)26-4/h5-13H,14H2,1-4H3/b11-9+. The largest absolute Gasteiger partial charge is 0.493 e. The molecule has 0 aromatic heterocycles. The molecule has 0 radical (unpaired) electrons. The number of nitrogens with zero attached hydrogens (tertiary/aromatic N) is 1. The van der Waals surface area contributed by atoms with Crippen molar-refractivity contribution >= 4 is 22.1 Å². The average molecular weight is 405 g/mol. The maximum Gasteiger partial charge on any atom is 0.331 e. The number of sulfonamides is 1. The summed E-state index contributed by atoms with van der Waals surface area (Å²) in [6.45, 7) is -0.0358. The Kier molecular flexibility index (Phi) is 7.19. The molecular weight excluding hydrogens is 382 g/mol. The van der Waals surface area contributed by atoms with E-state index in [0.29, 0.717) is 17.1 Å². The number of carbonyl (C=O) groups is 1. The second-order valence-corrected chi connectivity index (χ2v) is 8.14. The molecule has 0 amide bonds. The highest BCUT2D eigenvalue weighted by molar-refractivity contribution is 7.89. The van der Waals surface area contributed by atoms with E-state index in [1.165, 1.54) is 39.4 Å². The first kappa shape index (κ1) is 21.5. The van der Waals surface area contributed by atoms with Crippen molar-refractivity contribution in [2.24, 2.45) is 0 Å². The lowest BCUT2D eigenvalue weighted by Gasteiger charge is -2.12. The van der Waals surface area contributed by atoms with Gasteiger partial charge in [-0.3, -0.25) is 0 Å². The van der Waals surface area contributed by atoms with Gasteiger partial charge in [0.25, 0.3) is 0 Å². The third-order valence-corrected chi connectivity index (χ3v) is 5.69. The zero-order valence-electron chi connectivity index (χ0n) is 16.2. The number of hydrogen-bond acceptors (Lipinski definition) is 6. The number of carbonyl (C=O) groups excluding carboxylic acids is 1. The molecule has 150 valence electrons. The summed E-state index contributed by atoms with van der Waals surface area (Å²) in [5, 5.41) is 0. The lowest BCUT2D eigenvalue weighted by molar-refractivity contribution is -0.138.